The quantitative estimate of drug-likeness (QED) is 0.143. The van der Waals surface area contributed by atoms with Crippen molar-refractivity contribution in [1.29, 1.82) is 0 Å². The molecular weight excluding hydrogens is 785 g/mol. The Morgan fingerprint density at radius 1 is 0.678 bits per heavy atom. The summed E-state index contributed by atoms with van der Waals surface area (Å²) in [5, 5.41) is 16.6. The molecule has 0 spiro atoms. The van der Waals surface area contributed by atoms with E-state index >= 15 is 0 Å². The number of piperidine rings is 1. The van der Waals surface area contributed by atoms with E-state index < -0.39 is 0 Å². The van der Waals surface area contributed by atoms with Gasteiger partial charge in [-0.25, -0.2) is 14.3 Å². The van der Waals surface area contributed by atoms with Crippen LogP contribution in [0, 0.1) is 27.7 Å². The van der Waals surface area contributed by atoms with Crippen LogP contribution >= 0.6 is 23.2 Å². The minimum Gasteiger partial charge on any atom is -0.356 e. The van der Waals surface area contributed by atoms with E-state index in [-0.39, 0.29) is 5.91 Å². The van der Waals surface area contributed by atoms with E-state index in [0.717, 1.165) is 90.7 Å². The molecule has 59 heavy (non-hydrogen) atoms. The molecule has 2 N–H and O–H groups in total. The average Bonchev–Trinajstić information content (AvgIpc) is 3.74. The number of benzene rings is 2. The zero-order chi connectivity index (χ0) is 41.5. The Kier molecular flexibility index (Phi) is 13.5. The minimum atomic E-state index is -0.110. The Morgan fingerprint density at radius 3 is 1.95 bits per heavy atom. The number of aromatic nitrogens is 8. The summed E-state index contributed by atoms with van der Waals surface area (Å²) >= 11 is 12.1. The number of hydrogen-bond donors (Lipinski definition) is 2. The van der Waals surface area contributed by atoms with Gasteiger partial charge in [-0.2, -0.15) is 25.1 Å². The fraction of sp³-hybridized carbons (Fsp3) is 0.372. The largest absolute Gasteiger partial charge is 0.356 e. The van der Waals surface area contributed by atoms with Gasteiger partial charge in [0.15, 0.2) is 0 Å². The Morgan fingerprint density at radius 2 is 1.32 bits per heavy atom. The zero-order valence-corrected chi connectivity index (χ0v) is 35.8. The summed E-state index contributed by atoms with van der Waals surface area (Å²) in [7, 11) is 2.09. The van der Waals surface area contributed by atoms with Crippen molar-refractivity contribution in [3.63, 3.8) is 0 Å². The van der Waals surface area contributed by atoms with Crippen LogP contribution in [0.1, 0.15) is 53.3 Å². The number of likely N-dealkylation sites (N-methyl/N-ethyl adjacent to an activating group) is 1. The molecule has 6 aromatic rings. The van der Waals surface area contributed by atoms with Crippen molar-refractivity contribution in [2.45, 2.75) is 53.4 Å². The van der Waals surface area contributed by atoms with Crippen molar-refractivity contribution in [2.24, 2.45) is 0 Å². The Labute approximate surface area is 355 Å². The summed E-state index contributed by atoms with van der Waals surface area (Å²) in [6, 6.07) is 23.1. The maximum atomic E-state index is 12.7. The summed E-state index contributed by atoms with van der Waals surface area (Å²) in [5.74, 6) is 2.84. The number of carbonyl (C=O) groups excluding carboxylic acids is 1. The molecule has 0 atom stereocenters. The number of aryl methyl sites for hydroxylation is 4. The number of nitrogens with zero attached hydrogens (tertiary/aromatic N) is 11. The van der Waals surface area contributed by atoms with Gasteiger partial charge in [0.05, 0.1) is 23.6 Å². The number of hydrogen-bond acceptors (Lipinski definition) is 11. The molecule has 8 rings (SSSR count). The number of carbonyl (C=O) groups is 1. The minimum absolute atomic E-state index is 0.110. The molecule has 0 aliphatic carbocycles. The second-order valence-corrected chi connectivity index (χ2v) is 16.1. The fourth-order valence-corrected chi connectivity index (χ4v) is 7.49. The van der Waals surface area contributed by atoms with Gasteiger partial charge in [-0.3, -0.25) is 9.69 Å². The monoisotopic (exact) mass is 835 g/mol. The molecule has 2 aliphatic heterocycles. The highest BCUT2D eigenvalue weighted by Crippen LogP contribution is 2.24. The smallest absolute Gasteiger partial charge is 0.254 e. The van der Waals surface area contributed by atoms with E-state index in [9.17, 15) is 4.79 Å². The molecule has 0 unspecified atom stereocenters. The molecule has 0 saturated carbocycles. The van der Waals surface area contributed by atoms with Gasteiger partial charge in [0.2, 0.25) is 5.91 Å². The van der Waals surface area contributed by atoms with Gasteiger partial charge in [-0.05, 0) is 102 Å². The van der Waals surface area contributed by atoms with Crippen LogP contribution in [0.25, 0.3) is 11.9 Å². The van der Waals surface area contributed by atoms with E-state index in [1.807, 2.05) is 74.8 Å². The normalized spacial score (nSPS) is 14.8. The van der Waals surface area contributed by atoms with Gasteiger partial charge in [0.1, 0.15) is 17.5 Å². The van der Waals surface area contributed by atoms with Crippen molar-refractivity contribution in [1.82, 2.24) is 49.3 Å². The molecule has 2 aromatic carbocycles. The standard InChI is InChI=1S/C22H27ClN8O.C21H24ClN5/c1-15-11-16(2)31(28-15)22-26-19(24-18-6-4-5-17(23)12-18)13-20(27-22)25-21(32)14-30-9-7-29(3)8-10-30;1-15-12-16(2)27(25-15)21-23-19(13-17-6-8-18(22)9-7-17)14-20(24-21)26-10-4-3-5-11-26/h4-6,11-13H,7-10,14H2,1-3H3,(H2,24,25,26,27,32);6-9,12,14H,3-5,10-11,13H2,1-2H3. The van der Waals surface area contributed by atoms with Crippen LogP contribution in [0.3, 0.4) is 0 Å². The van der Waals surface area contributed by atoms with E-state index in [4.69, 9.17) is 33.2 Å². The second kappa shape index (κ2) is 19.1. The first-order valence-corrected chi connectivity index (χ1v) is 20.8. The van der Waals surface area contributed by atoms with Gasteiger partial charge in [0, 0.05) is 84.9 Å². The lowest BCUT2D eigenvalue weighted by atomic mass is 10.1. The summed E-state index contributed by atoms with van der Waals surface area (Å²) < 4.78 is 3.50. The Hall–Kier alpha value is -5.41. The van der Waals surface area contributed by atoms with Crippen LogP contribution < -0.4 is 15.5 Å². The predicted molar refractivity (Wildman–Crippen MR) is 235 cm³/mol. The van der Waals surface area contributed by atoms with Gasteiger partial charge < -0.3 is 20.4 Å². The molecule has 1 amide bonds. The highest BCUT2D eigenvalue weighted by Gasteiger charge is 2.19. The summed E-state index contributed by atoms with van der Waals surface area (Å²) in [5.41, 5.74) is 6.74. The van der Waals surface area contributed by atoms with Crippen LogP contribution in [0.2, 0.25) is 10.0 Å². The SMILES string of the molecule is Cc1cc(C)n(-c2nc(Cc3ccc(Cl)cc3)cc(N3CCCCC3)n2)n1.Cc1cc(C)n(-c2nc(NC(=O)CN3CCN(C)CC3)cc(Nc3cccc(Cl)c3)n2)n1. The number of amides is 1. The molecule has 2 aliphatic rings. The molecule has 0 radical (unpaired) electrons. The lowest BCUT2D eigenvalue weighted by Crippen LogP contribution is -2.47. The van der Waals surface area contributed by atoms with Crippen LogP contribution in [0.5, 0.6) is 0 Å². The van der Waals surface area contributed by atoms with E-state index in [1.54, 1.807) is 22.9 Å². The molecule has 2 saturated heterocycles. The lowest BCUT2D eigenvalue weighted by molar-refractivity contribution is -0.117. The van der Waals surface area contributed by atoms with Gasteiger partial charge in [-0.1, -0.05) is 41.4 Å². The number of piperazine rings is 1. The number of rotatable bonds is 10. The third kappa shape index (κ3) is 11.4. The number of halogens is 2. The lowest BCUT2D eigenvalue weighted by Gasteiger charge is -2.31. The van der Waals surface area contributed by atoms with Gasteiger partial charge >= 0.3 is 0 Å². The van der Waals surface area contributed by atoms with Crippen LogP contribution in [-0.2, 0) is 11.2 Å². The topological polar surface area (TPSA) is 138 Å². The molecule has 308 valence electrons. The molecule has 0 bridgehead atoms. The number of anilines is 4. The molecule has 16 heteroatoms. The summed E-state index contributed by atoms with van der Waals surface area (Å²) in [6.45, 7) is 13.9. The predicted octanol–water partition coefficient (Wildman–Crippen LogP) is 7.38. The third-order valence-corrected chi connectivity index (χ3v) is 10.7. The Bertz CT molecular complexity index is 2360. The van der Waals surface area contributed by atoms with E-state index in [1.165, 1.54) is 24.8 Å². The highest BCUT2D eigenvalue weighted by atomic mass is 35.5. The van der Waals surface area contributed by atoms with Crippen molar-refractivity contribution in [3.05, 3.63) is 117 Å². The molecule has 14 nitrogen and oxygen atoms in total. The summed E-state index contributed by atoms with van der Waals surface area (Å²) in [4.78, 5) is 38.3. The maximum Gasteiger partial charge on any atom is 0.254 e. The highest BCUT2D eigenvalue weighted by molar-refractivity contribution is 6.31. The van der Waals surface area contributed by atoms with Gasteiger partial charge in [-0.15, -0.1) is 0 Å². The van der Waals surface area contributed by atoms with Crippen LogP contribution in [0.4, 0.5) is 23.1 Å². The summed E-state index contributed by atoms with van der Waals surface area (Å²) in [6.07, 6.45) is 4.47. The fourth-order valence-electron chi connectivity index (χ4n) is 7.18. The van der Waals surface area contributed by atoms with E-state index in [0.29, 0.717) is 35.1 Å². The van der Waals surface area contributed by atoms with Crippen molar-refractivity contribution in [2.75, 3.05) is 68.4 Å². The molecule has 6 heterocycles. The third-order valence-electron chi connectivity index (χ3n) is 10.2. The van der Waals surface area contributed by atoms with Crippen molar-refractivity contribution >= 4 is 52.3 Å². The molecular formula is C43H51Cl2N13O. The van der Waals surface area contributed by atoms with E-state index in [2.05, 4.69) is 64.7 Å². The molecule has 4 aromatic heterocycles. The first kappa shape index (κ1) is 41.7. The van der Waals surface area contributed by atoms with Gasteiger partial charge in [0.25, 0.3) is 11.9 Å². The zero-order valence-electron chi connectivity index (χ0n) is 34.3. The Balaban J connectivity index is 0.000000181. The van der Waals surface area contributed by atoms with Crippen LogP contribution in [-0.4, -0.2) is 108 Å². The van der Waals surface area contributed by atoms with Crippen molar-refractivity contribution < 1.29 is 4.79 Å². The average molecular weight is 837 g/mol. The number of nitrogens with one attached hydrogen (secondary N) is 2. The van der Waals surface area contributed by atoms with Crippen LogP contribution in [0.15, 0.2) is 72.8 Å². The second-order valence-electron chi connectivity index (χ2n) is 15.2. The maximum absolute atomic E-state index is 12.7. The first-order chi connectivity index (χ1) is 28.4. The van der Waals surface area contributed by atoms with Crippen molar-refractivity contribution in [3.8, 4) is 11.9 Å². The first-order valence-electron chi connectivity index (χ1n) is 20.0. The molecule has 2 fully saturated rings.